The molecule has 1 aromatic heterocycles. The number of benzene rings is 5. The second kappa shape index (κ2) is 8.06. The van der Waals surface area contributed by atoms with E-state index in [2.05, 4.69) is 110 Å². The first-order chi connectivity index (χ1) is 19.5. The molecule has 1 spiro atoms. The summed E-state index contributed by atoms with van der Waals surface area (Å²) in [4.78, 5) is 15.3. The molecule has 2 heterocycles. The number of fused-ring (bicyclic) bond motifs is 10. The average molecular weight is 518 g/mol. The van der Waals surface area contributed by atoms with Gasteiger partial charge in [0.15, 0.2) is 5.43 Å². The molecule has 1 aliphatic heterocycles. The Bertz CT molecular complexity index is 1980. The molecule has 0 N–H and O–H groups in total. The first-order valence-corrected chi connectivity index (χ1v) is 13.7. The van der Waals surface area contributed by atoms with Crippen LogP contribution in [0.4, 0.5) is 17.1 Å². The van der Waals surface area contributed by atoms with E-state index in [1.807, 2.05) is 19.1 Å². The number of aryl methyl sites for hydroxylation is 3. The number of rotatable bonds is 1. The maximum absolute atomic E-state index is 13.0. The first kappa shape index (κ1) is 23.0. The van der Waals surface area contributed by atoms with Crippen LogP contribution in [0, 0.1) is 20.8 Å². The molecule has 40 heavy (non-hydrogen) atoms. The highest BCUT2D eigenvalue weighted by Crippen LogP contribution is 2.63. The van der Waals surface area contributed by atoms with Gasteiger partial charge in [0.1, 0.15) is 11.3 Å². The maximum atomic E-state index is 13.0. The van der Waals surface area contributed by atoms with Crippen molar-refractivity contribution in [2.75, 3.05) is 4.90 Å². The second-order valence-electron chi connectivity index (χ2n) is 11.1. The first-order valence-electron chi connectivity index (χ1n) is 13.7. The van der Waals surface area contributed by atoms with Gasteiger partial charge in [-0.05, 0) is 84.5 Å². The van der Waals surface area contributed by atoms with Crippen LogP contribution in [0.25, 0.3) is 22.1 Å². The van der Waals surface area contributed by atoms with Crippen LogP contribution in [0.3, 0.4) is 0 Å². The van der Waals surface area contributed by atoms with E-state index >= 15 is 0 Å². The number of hydrogen-bond acceptors (Lipinski definition) is 3. The fourth-order valence-electron chi connectivity index (χ4n) is 7.06. The molecule has 192 valence electrons. The topological polar surface area (TPSA) is 33.5 Å². The summed E-state index contributed by atoms with van der Waals surface area (Å²) in [6, 6.07) is 38.8. The largest absolute Gasteiger partial charge is 0.461 e. The summed E-state index contributed by atoms with van der Waals surface area (Å²) in [5.74, 6) is 0.616. The fraction of sp³-hybridized carbons (Fsp3) is 0.108. The predicted molar refractivity (Wildman–Crippen MR) is 162 cm³/mol. The zero-order valence-corrected chi connectivity index (χ0v) is 22.7. The van der Waals surface area contributed by atoms with E-state index < -0.39 is 5.41 Å². The van der Waals surface area contributed by atoms with Crippen molar-refractivity contribution in [1.29, 1.82) is 0 Å². The fourth-order valence-corrected chi connectivity index (χ4v) is 7.06. The smallest absolute Gasteiger partial charge is 0.193 e. The van der Waals surface area contributed by atoms with Crippen LogP contribution < -0.4 is 10.3 Å². The Balaban J connectivity index is 1.52. The van der Waals surface area contributed by atoms with E-state index in [1.54, 1.807) is 6.07 Å². The highest BCUT2D eigenvalue weighted by Gasteiger charge is 2.51. The van der Waals surface area contributed by atoms with Crippen molar-refractivity contribution in [2.24, 2.45) is 0 Å². The van der Waals surface area contributed by atoms with Crippen LogP contribution in [0.2, 0.25) is 0 Å². The Hall–Kier alpha value is -4.89. The third-order valence-electron chi connectivity index (χ3n) is 8.64. The third kappa shape index (κ3) is 2.92. The maximum Gasteiger partial charge on any atom is 0.193 e. The van der Waals surface area contributed by atoms with Gasteiger partial charge in [0.25, 0.3) is 0 Å². The SMILES string of the molecule is Cc1ccc2c(c1)C1(c3ccccc3-c3ccccc31)c1cc(C)ccc1N2c1ccc2oc(C)cc(=O)c2c1. The molecule has 0 radical (unpaired) electrons. The average Bonchev–Trinajstić information content (AvgIpc) is 3.25. The number of anilines is 3. The zero-order chi connectivity index (χ0) is 27.2. The lowest BCUT2D eigenvalue weighted by atomic mass is 9.64. The summed E-state index contributed by atoms with van der Waals surface area (Å²) in [5, 5.41) is 0.585. The minimum absolute atomic E-state index is 0.0269. The molecule has 0 atom stereocenters. The molecule has 0 saturated heterocycles. The van der Waals surface area contributed by atoms with Crippen molar-refractivity contribution in [3.8, 4) is 11.1 Å². The predicted octanol–water partition coefficient (Wildman–Crippen LogP) is 8.86. The highest BCUT2D eigenvalue weighted by atomic mass is 16.3. The van der Waals surface area contributed by atoms with Gasteiger partial charge in [-0.3, -0.25) is 4.79 Å². The lowest BCUT2D eigenvalue weighted by Crippen LogP contribution is -2.36. The van der Waals surface area contributed by atoms with Crippen molar-refractivity contribution in [3.05, 3.63) is 159 Å². The van der Waals surface area contributed by atoms with Gasteiger partial charge >= 0.3 is 0 Å². The summed E-state index contributed by atoms with van der Waals surface area (Å²) in [6.45, 7) is 6.15. The van der Waals surface area contributed by atoms with Gasteiger partial charge in [0, 0.05) is 11.8 Å². The van der Waals surface area contributed by atoms with Crippen molar-refractivity contribution in [2.45, 2.75) is 26.2 Å². The van der Waals surface area contributed by atoms with E-state index in [0.717, 1.165) is 17.1 Å². The van der Waals surface area contributed by atoms with Crippen LogP contribution in [0.15, 0.2) is 118 Å². The Labute approximate surface area is 233 Å². The standard InChI is InChI=1S/C37H27NO2/c1-22-12-15-33-31(18-22)37(29-10-6-4-8-26(29)27-9-5-7-11-30(27)37)32-19-23(2)13-16-34(32)38(33)25-14-17-36-28(21-25)35(39)20-24(3)40-36/h4-21H,1-3H3. The van der Waals surface area contributed by atoms with Crippen LogP contribution in [0.5, 0.6) is 0 Å². The molecule has 2 aliphatic rings. The summed E-state index contributed by atoms with van der Waals surface area (Å²) in [5.41, 5.74) is 13.4. The van der Waals surface area contributed by atoms with Crippen molar-refractivity contribution in [3.63, 3.8) is 0 Å². The molecular weight excluding hydrogens is 490 g/mol. The molecule has 0 unspecified atom stereocenters. The lowest BCUT2D eigenvalue weighted by Gasteiger charge is -2.45. The molecule has 0 amide bonds. The van der Waals surface area contributed by atoms with Crippen molar-refractivity contribution < 1.29 is 4.42 Å². The third-order valence-corrected chi connectivity index (χ3v) is 8.64. The molecule has 6 aromatic rings. The van der Waals surface area contributed by atoms with Crippen LogP contribution in [-0.4, -0.2) is 0 Å². The molecule has 0 bridgehead atoms. The normalized spacial score (nSPS) is 14.1. The van der Waals surface area contributed by atoms with Gasteiger partial charge in [-0.1, -0.05) is 83.9 Å². The molecule has 0 fully saturated rings. The lowest BCUT2D eigenvalue weighted by molar-refractivity contribution is 0.565. The number of nitrogens with zero attached hydrogens (tertiary/aromatic N) is 1. The molecule has 5 aromatic carbocycles. The molecule has 0 saturated carbocycles. The summed E-state index contributed by atoms with van der Waals surface area (Å²) in [7, 11) is 0. The zero-order valence-electron chi connectivity index (χ0n) is 22.7. The van der Waals surface area contributed by atoms with Gasteiger partial charge in [0.2, 0.25) is 0 Å². The van der Waals surface area contributed by atoms with Gasteiger partial charge in [-0.15, -0.1) is 0 Å². The van der Waals surface area contributed by atoms with E-state index in [9.17, 15) is 4.79 Å². The van der Waals surface area contributed by atoms with Gasteiger partial charge < -0.3 is 9.32 Å². The van der Waals surface area contributed by atoms with Crippen molar-refractivity contribution >= 4 is 28.0 Å². The van der Waals surface area contributed by atoms with E-state index in [1.165, 1.54) is 44.5 Å². The summed E-state index contributed by atoms with van der Waals surface area (Å²) in [6.07, 6.45) is 0. The molecule has 3 nitrogen and oxygen atoms in total. The molecule has 3 heteroatoms. The molecule has 1 aliphatic carbocycles. The van der Waals surface area contributed by atoms with Crippen molar-refractivity contribution in [1.82, 2.24) is 0 Å². The second-order valence-corrected chi connectivity index (χ2v) is 11.1. The highest BCUT2D eigenvalue weighted by molar-refractivity contribution is 5.97. The summed E-state index contributed by atoms with van der Waals surface area (Å²) < 4.78 is 5.89. The Kier molecular flexibility index (Phi) is 4.64. The van der Waals surface area contributed by atoms with E-state index in [0.29, 0.717) is 16.7 Å². The Morgan fingerprint density at radius 1 is 0.600 bits per heavy atom. The molecule has 8 rings (SSSR count). The van der Waals surface area contributed by atoms with Crippen LogP contribution in [0.1, 0.15) is 39.1 Å². The van der Waals surface area contributed by atoms with Gasteiger partial charge in [0.05, 0.1) is 22.2 Å². The number of hydrogen-bond donors (Lipinski definition) is 0. The quantitative estimate of drug-likeness (QED) is 0.218. The van der Waals surface area contributed by atoms with Gasteiger partial charge in [-0.2, -0.15) is 0 Å². The van der Waals surface area contributed by atoms with Crippen LogP contribution in [-0.2, 0) is 5.41 Å². The molecular formula is C37H27NO2. The van der Waals surface area contributed by atoms with E-state index in [-0.39, 0.29) is 5.43 Å². The minimum atomic E-state index is -0.459. The Morgan fingerprint density at radius 2 is 1.18 bits per heavy atom. The Morgan fingerprint density at radius 3 is 1.77 bits per heavy atom. The summed E-state index contributed by atoms with van der Waals surface area (Å²) >= 11 is 0. The van der Waals surface area contributed by atoms with E-state index in [4.69, 9.17) is 4.42 Å². The van der Waals surface area contributed by atoms with Gasteiger partial charge in [-0.25, -0.2) is 0 Å². The van der Waals surface area contributed by atoms with Crippen LogP contribution >= 0.6 is 0 Å². The minimum Gasteiger partial charge on any atom is -0.461 e. The monoisotopic (exact) mass is 517 g/mol.